The molecule has 0 heterocycles. The third-order valence-corrected chi connectivity index (χ3v) is 1.57. The minimum Gasteiger partial charge on any atom is -0.410 e. The molecule has 82 valence electrons. The van der Waals surface area contributed by atoms with Crippen molar-refractivity contribution in [2.45, 2.75) is 13.0 Å². The molecule has 1 aromatic carbocycles. The highest BCUT2D eigenvalue weighted by molar-refractivity contribution is 5.70. The summed E-state index contributed by atoms with van der Waals surface area (Å²) in [5.74, 6) is -0.147. The van der Waals surface area contributed by atoms with E-state index in [9.17, 15) is 9.18 Å². The maximum absolute atomic E-state index is 12.5. The van der Waals surface area contributed by atoms with E-state index in [0.29, 0.717) is 0 Å². The first-order chi connectivity index (χ1) is 7.08. The lowest BCUT2D eigenvalue weighted by atomic mass is 10.3. The lowest BCUT2D eigenvalue weighted by Gasteiger charge is -2.07. The molecule has 1 aromatic rings. The highest BCUT2D eigenvalue weighted by atomic mass is 19.1. The molecule has 1 unspecified atom stereocenters. The zero-order chi connectivity index (χ0) is 11.3. The molecule has 1 amide bonds. The van der Waals surface area contributed by atoms with Gasteiger partial charge in [-0.05, 0) is 31.2 Å². The van der Waals surface area contributed by atoms with Crippen LogP contribution in [0.2, 0.25) is 0 Å². The van der Waals surface area contributed by atoms with Gasteiger partial charge < -0.3 is 15.2 Å². The third-order valence-electron chi connectivity index (χ3n) is 1.57. The lowest BCUT2D eigenvalue weighted by Crippen LogP contribution is -2.32. The van der Waals surface area contributed by atoms with Crippen molar-refractivity contribution in [2.24, 2.45) is 0 Å². The molecule has 0 aliphatic heterocycles. The molecule has 0 spiro atoms. The Kier molecular flexibility index (Phi) is 4.05. The Balaban J connectivity index is 2.41. The van der Waals surface area contributed by atoms with E-state index >= 15 is 0 Å². The van der Waals surface area contributed by atoms with Crippen LogP contribution in [0, 0.1) is 5.82 Å². The molecule has 2 N–H and O–H groups in total. The SMILES string of the molecule is CC(O)CNC(=O)Oc1ccc(F)cc1. The van der Waals surface area contributed by atoms with E-state index in [4.69, 9.17) is 9.84 Å². The fourth-order valence-corrected chi connectivity index (χ4v) is 0.877. The van der Waals surface area contributed by atoms with Crippen molar-refractivity contribution in [1.29, 1.82) is 0 Å². The Labute approximate surface area is 86.7 Å². The summed E-state index contributed by atoms with van der Waals surface area (Å²) in [6.45, 7) is 1.65. The summed E-state index contributed by atoms with van der Waals surface area (Å²) < 4.78 is 17.3. The molecule has 0 fully saturated rings. The Morgan fingerprint density at radius 1 is 1.53 bits per heavy atom. The maximum Gasteiger partial charge on any atom is 0.412 e. The Morgan fingerprint density at radius 2 is 2.13 bits per heavy atom. The fraction of sp³-hybridized carbons (Fsp3) is 0.300. The average Bonchev–Trinajstić information content (AvgIpc) is 2.19. The van der Waals surface area contributed by atoms with Gasteiger partial charge in [0.1, 0.15) is 11.6 Å². The zero-order valence-corrected chi connectivity index (χ0v) is 8.24. The number of ether oxygens (including phenoxy) is 1. The summed E-state index contributed by atoms with van der Waals surface area (Å²) in [4.78, 5) is 11.1. The molecule has 5 heteroatoms. The van der Waals surface area contributed by atoms with E-state index < -0.39 is 18.0 Å². The van der Waals surface area contributed by atoms with Gasteiger partial charge in [-0.2, -0.15) is 0 Å². The Bertz CT molecular complexity index is 324. The van der Waals surface area contributed by atoms with Crippen molar-refractivity contribution in [1.82, 2.24) is 5.32 Å². The number of halogens is 1. The summed E-state index contributed by atoms with van der Waals surface area (Å²) in [5.41, 5.74) is 0. The second-order valence-corrected chi connectivity index (χ2v) is 3.07. The highest BCUT2D eigenvalue weighted by Crippen LogP contribution is 2.10. The minimum atomic E-state index is -0.678. The van der Waals surface area contributed by atoms with Crippen LogP contribution in [0.5, 0.6) is 5.75 Å². The van der Waals surface area contributed by atoms with Gasteiger partial charge in [0.25, 0.3) is 0 Å². The van der Waals surface area contributed by atoms with E-state index in [1.54, 1.807) is 0 Å². The van der Waals surface area contributed by atoms with Crippen LogP contribution in [0.4, 0.5) is 9.18 Å². The van der Waals surface area contributed by atoms with Crippen LogP contribution in [0.3, 0.4) is 0 Å². The minimum absolute atomic E-state index is 0.111. The van der Waals surface area contributed by atoms with E-state index in [0.717, 1.165) is 0 Å². The van der Waals surface area contributed by atoms with Gasteiger partial charge in [-0.3, -0.25) is 0 Å². The van der Waals surface area contributed by atoms with Crippen molar-refractivity contribution in [3.63, 3.8) is 0 Å². The van der Waals surface area contributed by atoms with Gasteiger partial charge in [0.15, 0.2) is 0 Å². The predicted octanol–water partition coefficient (Wildman–Crippen LogP) is 1.29. The van der Waals surface area contributed by atoms with Crippen molar-refractivity contribution in [3.05, 3.63) is 30.1 Å². The summed E-state index contributed by atoms with van der Waals surface area (Å²) >= 11 is 0. The van der Waals surface area contributed by atoms with Crippen molar-refractivity contribution in [3.8, 4) is 5.75 Å². The van der Waals surface area contributed by atoms with E-state index in [1.807, 2.05) is 0 Å². The van der Waals surface area contributed by atoms with Crippen LogP contribution in [-0.2, 0) is 0 Å². The second-order valence-electron chi connectivity index (χ2n) is 3.07. The molecular formula is C10H12FNO3. The lowest BCUT2D eigenvalue weighted by molar-refractivity contribution is 0.172. The number of hydrogen-bond donors (Lipinski definition) is 2. The molecule has 4 nitrogen and oxygen atoms in total. The number of carbonyl (C=O) groups is 1. The van der Waals surface area contributed by atoms with Crippen molar-refractivity contribution in [2.75, 3.05) is 6.54 Å². The highest BCUT2D eigenvalue weighted by Gasteiger charge is 2.04. The summed E-state index contributed by atoms with van der Waals surface area (Å²) in [6, 6.07) is 5.07. The number of carbonyl (C=O) groups excluding carboxylic acids is 1. The number of aliphatic hydroxyl groups excluding tert-OH is 1. The molecule has 1 atom stereocenters. The Morgan fingerprint density at radius 3 is 2.67 bits per heavy atom. The second kappa shape index (κ2) is 5.31. The number of amides is 1. The molecule has 0 aliphatic carbocycles. The summed E-state index contributed by atoms with van der Waals surface area (Å²) in [6.07, 6.45) is -1.31. The maximum atomic E-state index is 12.5. The normalized spacial score (nSPS) is 11.9. The smallest absolute Gasteiger partial charge is 0.410 e. The molecule has 15 heavy (non-hydrogen) atoms. The van der Waals surface area contributed by atoms with Gasteiger partial charge in [0, 0.05) is 6.54 Å². The van der Waals surface area contributed by atoms with Crippen LogP contribution < -0.4 is 10.1 Å². The molecule has 0 saturated carbocycles. The van der Waals surface area contributed by atoms with Crippen LogP contribution in [-0.4, -0.2) is 23.8 Å². The van der Waals surface area contributed by atoms with Gasteiger partial charge in [-0.1, -0.05) is 0 Å². The van der Waals surface area contributed by atoms with Gasteiger partial charge >= 0.3 is 6.09 Å². The molecule has 0 saturated heterocycles. The van der Waals surface area contributed by atoms with Gasteiger partial charge in [-0.25, -0.2) is 9.18 Å². The standard InChI is InChI=1S/C10H12FNO3/c1-7(13)6-12-10(14)15-9-4-2-8(11)3-5-9/h2-5,7,13H,6H2,1H3,(H,12,14). The first-order valence-corrected chi connectivity index (χ1v) is 4.47. The first kappa shape index (κ1) is 11.5. The summed E-state index contributed by atoms with van der Waals surface area (Å²) in [7, 11) is 0. The fourth-order valence-electron chi connectivity index (χ4n) is 0.877. The number of rotatable bonds is 3. The van der Waals surface area contributed by atoms with Gasteiger partial charge in [0.2, 0.25) is 0 Å². The quantitative estimate of drug-likeness (QED) is 0.795. The van der Waals surface area contributed by atoms with Gasteiger partial charge in [0.05, 0.1) is 6.10 Å². The zero-order valence-electron chi connectivity index (χ0n) is 8.24. The van der Waals surface area contributed by atoms with Crippen LogP contribution in [0.1, 0.15) is 6.92 Å². The van der Waals surface area contributed by atoms with Crippen LogP contribution >= 0.6 is 0 Å². The third kappa shape index (κ3) is 4.42. The summed E-state index contributed by atoms with van der Waals surface area (Å²) in [5, 5.41) is 11.2. The van der Waals surface area contributed by atoms with Gasteiger partial charge in [-0.15, -0.1) is 0 Å². The monoisotopic (exact) mass is 213 g/mol. The van der Waals surface area contributed by atoms with Crippen molar-refractivity contribution < 1.29 is 19.0 Å². The number of nitrogens with one attached hydrogen (secondary N) is 1. The van der Waals surface area contributed by atoms with Crippen molar-refractivity contribution >= 4 is 6.09 Å². The molecule has 0 aromatic heterocycles. The molecule has 1 rings (SSSR count). The topological polar surface area (TPSA) is 58.6 Å². The van der Waals surface area contributed by atoms with Crippen LogP contribution in [0.25, 0.3) is 0 Å². The molecule has 0 bridgehead atoms. The van der Waals surface area contributed by atoms with Crippen LogP contribution in [0.15, 0.2) is 24.3 Å². The van der Waals surface area contributed by atoms with E-state index in [1.165, 1.54) is 31.2 Å². The molecule has 0 aliphatic rings. The molecular weight excluding hydrogens is 201 g/mol. The Hall–Kier alpha value is -1.62. The largest absolute Gasteiger partial charge is 0.412 e. The van der Waals surface area contributed by atoms with E-state index in [-0.39, 0.29) is 12.3 Å². The average molecular weight is 213 g/mol. The molecule has 0 radical (unpaired) electrons. The number of benzene rings is 1. The van der Waals surface area contributed by atoms with E-state index in [2.05, 4.69) is 5.32 Å². The number of hydrogen-bond acceptors (Lipinski definition) is 3. The predicted molar refractivity (Wildman–Crippen MR) is 52.1 cm³/mol. The number of aliphatic hydroxyl groups is 1. The first-order valence-electron chi connectivity index (χ1n) is 4.47.